The molecule has 0 unspecified atom stereocenters. The van der Waals surface area contributed by atoms with Crippen LogP contribution < -0.4 is 0 Å². The van der Waals surface area contributed by atoms with Crippen molar-refractivity contribution in [2.45, 2.75) is 19.8 Å². The van der Waals surface area contributed by atoms with Gasteiger partial charge in [-0.25, -0.2) is 0 Å². The van der Waals surface area contributed by atoms with Crippen molar-refractivity contribution in [2.24, 2.45) is 0 Å². The Kier molecular flexibility index (Phi) is 2.11. The van der Waals surface area contributed by atoms with E-state index >= 15 is 0 Å². The number of fused-ring (bicyclic) bond motifs is 3. The fourth-order valence-electron chi connectivity index (χ4n) is 2.19. The van der Waals surface area contributed by atoms with Crippen molar-refractivity contribution in [3.63, 3.8) is 0 Å². The average Bonchev–Trinajstić information content (AvgIpc) is 2.67. The maximum Gasteiger partial charge on any atom is 0.139 e. The van der Waals surface area contributed by atoms with Crippen LogP contribution in [0.2, 0.25) is 0 Å². The maximum atomic E-state index is 10.1. The average molecular weight is 226 g/mol. The van der Waals surface area contributed by atoms with E-state index in [1.54, 1.807) is 0 Å². The van der Waals surface area contributed by atoms with Crippen LogP contribution in [0, 0.1) is 0 Å². The minimum absolute atomic E-state index is 0.302. The lowest BCUT2D eigenvalue weighted by Crippen LogP contribution is -1.86. The molecule has 0 spiro atoms. The molecule has 0 amide bonds. The first-order valence-corrected chi connectivity index (χ1v) is 5.81. The molecule has 0 bridgehead atoms. The van der Waals surface area contributed by atoms with E-state index in [4.69, 9.17) is 4.42 Å². The van der Waals surface area contributed by atoms with E-state index in [2.05, 4.69) is 13.8 Å². The van der Waals surface area contributed by atoms with E-state index in [-0.39, 0.29) is 0 Å². The molecule has 17 heavy (non-hydrogen) atoms. The fraction of sp³-hybridized carbons (Fsp3) is 0.200. The molecule has 0 radical (unpaired) electrons. The second-order valence-corrected chi connectivity index (χ2v) is 4.67. The number of rotatable bonds is 1. The number of phenolic OH excluding ortho intramolecular Hbond substituents is 1. The summed E-state index contributed by atoms with van der Waals surface area (Å²) in [6.45, 7) is 4.20. The molecular weight excluding hydrogens is 212 g/mol. The molecule has 86 valence electrons. The summed E-state index contributed by atoms with van der Waals surface area (Å²) < 4.78 is 5.76. The summed E-state index contributed by atoms with van der Waals surface area (Å²) in [5.74, 6) is 0.676. The summed E-state index contributed by atoms with van der Waals surface area (Å²) in [6.07, 6.45) is 0. The Morgan fingerprint density at radius 1 is 1.06 bits per heavy atom. The van der Waals surface area contributed by atoms with Gasteiger partial charge in [0.2, 0.25) is 0 Å². The topological polar surface area (TPSA) is 33.4 Å². The predicted molar refractivity (Wildman–Crippen MR) is 69.5 cm³/mol. The monoisotopic (exact) mass is 226 g/mol. The Balaban J connectivity index is 2.44. The van der Waals surface area contributed by atoms with Crippen molar-refractivity contribution >= 4 is 21.9 Å². The maximum absolute atomic E-state index is 10.1. The van der Waals surface area contributed by atoms with Crippen molar-refractivity contribution < 1.29 is 9.52 Å². The second kappa shape index (κ2) is 3.52. The molecule has 1 N–H and O–H groups in total. The molecule has 0 aliphatic rings. The zero-order valence-corrected chi connectivity index (χ0v) is 9.90. The van der Waals surface area contributed by atoms with E-state index in [0.29, 0.717) is 11.7 Å². The highest BCUT2D eigenvalue weighted by atomic mass is 16.3. The molecular formula is C15H14O2. The summed E-state index contributed by atoms with van der Waals surface area (Å²) in [6, 6.07) is 11.6. The van der Waals surface area contributed by atoms with Gasteiger partial charge in [-0.2, -0.15) is 0 Å². The SMILES string of the molecule is CC(C)c1cc(O)c2c(c1)oc1ccccc12. The minimum atomic E-state index is 0.302. The zero-order chi connectivity index (χ0) is 12.0. The first-order chi connectivity index (χ1) is 8.16. The molecule has 2 heteroatoms. The first kappa shape index (κ1) is 10.2. The van der Waals surface area contributed by atoms with Gasteiger partial charge in [0, 0.05) is 5.39 Å². The Morgan fingerprint density at radius 3 is 2.59 bits per heavy atom. The van der Waals surface area contributed by atoms with E-state index in [1.165, 1.54) is 0 Å². The van der Waals surface area contributed by atoms with E-state index in [0.717, 1.165) is 27.5 Å². The third-order valence-electron chi connectivity index (χ3n) is 3.15. The van der Waals surface area contributed by atoms with Gasteiger partial charge in [-0.05, 0) is 29.7 Å². The van der Waals surface area contributed by atoms with Crippen molar-refractivity contribution in [3.8, 4) is 5.75 Å². The highest BCUT2D eigenvalue weighted by molar-refractivity contribution is 6.08. The van der Waals surface area contributed by atoms with Gasteiger partial charge in [0.15, 0.2) is 0 Å². The quantitative estimate of drug-likeness (QED) is 0.666. The van der Waals surface area contributed by atoms with Crippen LogP contribution in [0.5, 0.6) is 5.75 Å². The lowest BCUT2D eigenvalue weighted by atomic mass is 10.0. The molecule has 0 saturated heterocycles. The highest BCUT2D eigenvalue weighted by Gasteiger charge is 2.12. The molecule has 1 heterocycles. The summed E-state index contributed by atoms with van der Waals surface area (Å²) in [4.78, 5) is 0. The second-order valence-electron chi connectivity index (χ2n) is 4.67. The molecule has 0 aliphatic carbocycles. The molecule has 0 aliphatic heterocycles. The largest absolute Gasteiger partial charge is 0.507 e. The van der Waals surface area contributed by atoms with Gasteiger partial charge >= 0.3 is 0 Å². The molecule has 2 nitrogen and oxygen atoms in total. The molecule has 1 aromatic heterocycles. The van der Waals surface area contributed by atoms with Gasteiger partial charge < -0.3 is 9.52 Å². The summed E-state index contributed by atoms with van der Waals surface area (Å²) >= 11 is 0. The number of aromatic hydroxyl groups is 1. The van der Waals surface area contributed by atoms with Crippen molar-refractivity contribution in [1.82, 2.24) is 0 Å². The Labute approximate surface area is 99.5 Å². The number of hydrogen-bond donors (Lipinski definition) is 1. The third kappa shape index (κ3) is 1.48. The standard InChI is InChI=1S/C15H14O2/c1-9(2)10-7-12(16)15-11-5-3-4-6-13(11)17-14(15)8-10/h3-9,16H,1-2H3. The smallest absolute Gasteiger partial charge is 0.139 e. The number of para-hydroxylation sites is 1. The lowest BCUT2D eigenvalue weighted by Gasteiger charge is -2.05. The Bertz CT molecular complexity index is 693. The van der Waals surface area contributed by atoms with Crippen LogP contribution in [0.15, 0.2) is 40.8 Å². The van der Waals surface area contributed by atoms with Gasteiger partial charge in [0.05, 0.1) is 5.39 Å². The number of hydrogen-bond acceptors (Lipinski definition) is 2. The third-order valence-corrected chi connectivity index (χ3v) is 3.15. The van der Waals surface area contributed by atoms with Crippen LogP contribution in [0.25, 0.3) is 21.9 Å². The lowest BCUT2D eigenvalue weighted by molar-refractivity contribution is 0.480. The molecule has 0 saturated carbocycles. The van der Waals surface area contributed by atoms with Gasteiger partial charge in [0.25, 0.3) is 0 Å². The van der Waals surface area contributed by atoms with E-state index in [9.17, 15) is 5.11 Å². The van der Waals surface area contributed by atoms with E-state index < -0.39 is 0 Å². The van der Waals surface area contributed by atoms with Gasteiger partial charge in [-0.3, -0.25) is 0 Å². The van der Waals surface area contributed by atoms with Gasteiger partial charge in [0.1, 0.15) is 16.9 Å². The van der Waals surface area contributed by atoms with Crippen LogP contribution in [-0.4, -0.2) is 5.11 Å². The van der Waals surface area contributed by atoms with Gasteiger partial charge in [-0.15, -0.1) is 0 Å². The van der Waals surface area contributed by atoms with Crippen molar-refractivity contribution in [2.75, 3.05) is 0 Å². The summed E-state index contributed by atoms with van der Waals surface area (Å²) in [5, 5.41) is 11.9. The predicted octanol–water partition coefficient (Wildman–Crippen LogP) is 4.42. The van der Waals surface area contributed by atoms with Crippen LogP contribution in [-0.2, 0) is 0 Å². The van der Waals surface area contributed by atoms with Crippen LogP contribution in [0.1, 0.15) is 25.3 Å². The van der Waals surface area contributed by atoms with Crippen molar-refractivity contribution in [3.05, 3.63) is 42.0 Å². The zero-order valence-electron chi connectivity index (χ0n) is 9.90. The van der Waals surface area contributed by atoms with Crippen LogP contribution in [0.4, 0.5) is 0 Å². The van der Waals surface area contributed by atoms with Crippen molar-refractivity contribution in [1.29, 1.82) is 0 Å². The number of benzene rings is 2. The fourth-order valence-corrected chi connectivity index (χ4v) is 2.19. The molecule has 2 aromatic carbocycles. The van der Waals surface area contributed by atoms with E-state index in [1.807, 2.05) is 36.4 Å². The van der Waals surface area contributed by atoms with Crippen LogP contribution >= 0.6 is 0 Å². The normalized spacial score (nSPS) is 11.7. The Morgan fingerprint density at radius 2 is 1.82 bits per heavy atom. The van der Waals surface area contributed by atoms with Crippen LogP contribution in [0.3, 0.4) is 0 Å². The van der Waals surface area contributed by atoms with Gasteiger partial charge in [-0.1, -0.05) is 32.0 Å². The summed E-state index contributed by atoms with van der Waals surface area (Å²) in [7, 11) is 0. The highest BCUT2D eigenvalue weighted by Crippen LogP contribution is 2.37. The number of furan rings is 1. The molecule has 3 aromatic rings. The molecule has 0 fully saturated rings. The molecule has 0 atom stereocenters. The number of phenols is 1. The molecule has 3 rings (SSSR count). The minimum Gasteiger partial charge on any atom is -0.507 e. The first-order valence-electron chi connectivity index (χ1n) is 5.81. The summed E-state index contributed by atoms with van der Waals surface area (Å²) in [5.41, 5.74) is 2.67. The Hall–Kier alpha value is -1.96.